The van der Waals surface area contributed by atoms with Crippen LogP contribution in [0.1, 0.15) is 67.7 Å². The van der Waals surface area contributed by atoms with Crippen molar-refractivity contribution >= 4 is 6.09 Å². The summed E-state index contributed by atoms with van der Waals surface area (Å²) in [6.07, 6.45) is 2.79. The standard InChI is InChI=1S/C19H38N2O3/c1-17(2,3)24-16(22)21-10-8-15(9-11-21)23-14-19(6,7)12-18(4,5)13-20/h15H,8-14,20H2,1-7H3. The number of nitrogens with two attached hydrogens (primary N) is 1. The highest BCUT2D eigenvalue weighted by Gasteiger charge is 2.31. The van der Waals surface area contributed by atoms with Gasteiger partial charge in [0.15, 0.2) is 0 Å². The molecular formula is C19H38N2O3. The second-order valence-electron chi connectivity index (χ2n) is 9.69. The van der Waals surface area contributed by atoms with Crippen LogP contribution in [0, 0.1) is 10.8 Å². The van der Waals surface area contributed by atoms with Gasteiger partial charge in [-0.2, -0.15) is 0 Å². The van der Waals surface area contributed by atoms with Gasteiger partial charge in [-0.15, -0.1) is 0 Å². The lowest BCUT2D eigenvalue weighted by molar-refractivity contribution is -0.0422. The van der Waals surface area contributed by atoms with Gasteiger partial charge in [-0.3, -0.25) is 0 Å². The first-order chi connectivity index (χ1) is 10.8. The van der Waals surface area contributed by atoms with Crippen molar-refractivity contribution in [1.82, 2.24) is 4.90 Å². The van der Waals surface area contributed by atoms with E-state index in [0.29, 0.717) is 19.6 Å². The maximum Gasteiger partial charge on any atom is 0.410 e. The lowest BCUT2D eigenvalue weighted by atomic mass is 9.75. The van der Waals surface area contributed by atoms with Crippen molar-refractivity contribution in [2.75, 3.05) is 26.2 Å². The van der Waals surface area contributed by atoms with Gasteiger partial charge < -0.3 is 20.1 Å². The van der Waals surface area contributed by atoms with Crippen LogP contribution in [0.3, 0.4) is 0 Å². The molecule has 1 fully saturated rings. The summed E-state index contributed by atoms with van der Waals surface area (Å²) in [5, 5.41) is 0. The third-order valence-electron chi connectivity index (χ3n) is 4.31. The van der Waals surface area contributed by atoms with E-state index < -0.39 is 5.60 Å². The lowest BCUT2D eigenvalue weighted by Crippen LogP contribution is -2.44. The van der Waals surface area contributed by atoms with Crippen molar-refractivity contribution in [2.24, 2.45) is 16.6 Å². The van der Waals surface area contributed by atoms with Crippen LogP contribution in [0.25, 0.3) is 0 Å². The Bertz CT molecular complexity index is 405. The zero-order valence-corrected chi connectivity index (χ0v) is 16.8. The van der Waals surface area contributed by atoms with Gasteiger partial charge >= 0.3 is 6.09 Å². The number of hydrogen-bond donors (Lipinski definition) is 1. The van der Waals surface area contributed by atoms with E-state index in [1.165, 1.54) is 0 Å². The molecule has 1 heterocycles. The molecule has 0 bridgehead atoms. The topological polar surface area (TPSA) is 64.8 Å². The predicted molar refractivity (Wildman–Crippen MR) is 98.0 cm³/mol. The maximum atomic E-state index is 12.1. The van der Waals surface area contributed by atoms with Gasteiger partial charge in [-0.1, -0.05) is 27.7 Å². The molecule has 1 rings (SSSR count). The highest BCUT2D eigenvalue weighted by molar-refractivity contribution is 5.68. The van der Waals surface area contributed by atoms with Crippen LogP contribution in [0.2, 0.25) is 0 Å². The van der Waals surface area contributed by atoms with Gasteiger partial charge in [0.1, 0.15) is 5.60 Å². The Hall–Kier alpha value is -0.810. The summed E-state index contributed by atoms with van der Waals surface area (Å²) in [5.74, 6) is 0. The number of amides is 1. The quantitative estimate of drug-likeness (QED) is 0.797. The van der Waals surface area contributed by atoms with E-state index in [1.54, 1.807) is 4.90 Å². The summed E-state index contributed by atoms with van der Waals surface area (Å²) in [6.45, 7) is 17.4. The Labute approximate surface area is 148 Å². The molecule has 142 valence electrons. The molecule has 1 aliphatic rings. The molecular weight excluding hydrogens is 304 g/mol. The van der Waals surface area contributed by atoms with Crippen molar-refractivity contribution in [2.45, 2.75) is 79.4 Å². The summed E-state index contributed by atoms with van der Waals surface area (Å²) >= 11 is 0. The molecule has 0 aromatic heterocycles. The molecule has 24 heavy (non-hydrogen) atoms. The fourth-order valence-electron chi connectivity index (χ4n) is 3.29. The molecule has 5 heteroatoms. The Morgan fingerprint density at radius 1 is 1.04 bits per heavy atom. The predicted octanol–water partition coefficient (Wildman–Crippen LogP) is 3.80. The van der Waals surface area contributed by atoms with Crippen molar-refractivity contribution in [3.63, 3.8) is 0 Å². The summed E-state index contributed by atoms with van der Waals surface area (Å²) in [5.41, 5.74) is 5.64. The zero-order valence-electron chi connectivity index (χ0n) is 16.8. The second kappa shape index (κ2) is 8.05. The van der Waals surface area contributed by atoms with E-state index in [4.69, 9.17) is 15.2 Å². The van der Waals surface area contributed by atoms with Crippen LogP contribution in [-0.4, -0.2) is 48.9 Å². The Kier molecular flexibility index (Phi) is 7.12. The average molecular weight is 343 g/mol. The molecule has 1 amide bonds. The monoisotopic (exact) mass is 342 g/mol. The van der Waals surface area contributed by atoms with E-state index in [9.17, 15) is 4.79 Å². The van der Waals surface area contributed by atoms with Gasteiger partial charge in [-0.25, -0.2) is 4.79 Å². The maximum absolute atomic E-state index is 12.1. The molecule has 0 radical (unpaired) electrons. The number of carbonyl (C=O) groups excluding carboxylic acids is 1. The largest absolute Gasteiger partial charge is 0.444 e. The highest BCUT2D eigenvalue weighted by Crippen LogP contribution is 2.33. The van der Waals surface area contributed by atoms with Crippen LogP contribution in [0.15, 0.2) is 0 Å². The fraction of sp³-hybridized carbons (Fsp3) is 0.947. The minimum atomic E-state index is -0.440. The average Bonchev–Trinajstić information content (AvgIpc) is 2.43. The molecule has 0 unspecified atom stereocenters. The number of carbonyl (C=O) groups is 1. The van der Waals surface area contributed by atoms with Crippen LogP contribution >= 0.6 is 0 Å². The number of nitrogens with zero attached hydrogens (tertiary/aromatic N) is 1. The van der Waals surface area contributed by atoms with E-state index in [-0.39, 0.29) is 23.0 Å². The Balaban J connectivity index is 2.37. The first kappa shape index (κ1) is 21.2. The molecule has 0 atom stereocenters. The second-order valence-corrected chi connectivity index (χ2v) is 9.69. The van der Waals surface area contributed by atoms with Crippen LogP contribution in [0.4, 0.5) is 4.79 Å². The molecule has 5 nitrogen and oxygen atoms in total. The fourth-order valence-corrected chi connectivity index (χ4v) is 3.29. The minimum absolute atomic E-state index is 0.102. The SMILES string of the molecule is CC(C)(CN)CC(C)(C)COC1CCN(C(=O)OC(C)(C)C)CC1. The van der Waals surface area contributed by atoms with E-state index in [2.05, 4.69) is 27.7 Å². The molecule has 1 saturated heterocycles. The molecule has 0 aromatic rings. The molecule has 0 aromatic carbocycles. The molecule has 0 spiro atoms. The van der Waals surface area contributed by atoms with E-state index in [0.717, 1.165) is 25.9 Å². The molecule has 1 aliphatic heterocycles. The van der Waals surface area contributed by atoms with Crippen molar-refractivity contribution in [3.8, 4) is 0 Å². The first-order valence-electron chi connectivity index (χ1n) is 9.13. The van der Waals surface area contributed by atoms with E-state index >= 15 is 0 Å². The highest BCUT2D eigenvalue weighted by atomic mass is 16.6. The number of likely N-dealkylation sites (tertiary alicyclic amines) is 1. The summed E-state index contributed by atoms with van der Waals surface area (Å²) in [6, 6.07) is 0. The first-order valence-corrected chi connectivity index (χ1v) is 9.13. The summed E-state index contributed by atoms with van der Waals surface area (Å²) in [4.78, 5) is 13.9. The van der Waals surface area contributed by atoms with Gasteiger partial charge in [0, 0.05) is 13.1 Å². The van der Waals surface area contributed by atoms with Crippen molar-refractivity contribution < 1.29 is 14.3 Å². The Morgan fingerprint density at radius 3 is 2.04 bits per heavy atom. The third-order valence-corrected chi connectivity index (χ3v) is 4.31. The summed E-state index contributed by atoms with van der Waals surface area (Å²) < 4.78 is 11.6. The van der Waals surface area contributed by atoms with Gasteiger partial charge in [0.05, 0.1) is 12.7 Å². The number of hydrogen-bond acceptors (Lipinski definition) is 4. The molecule has 0 aliphatic carbocycles. The zero-order chi connectivity index (χ0) is 18.6. The van der Waals surface area contributed by atoms with Gasteiger partial charge in [0.2, 0.25) is 0 Å². The number of ether oxygens (including phenoxy) is 2. The smallest absolute Gasteiger partial charge is 0.410 e. The summed E-state index contributed by atoms with van der Waals surface area (Å²) in [7, 11) is 0. The van der Waals surface area contributed by atoms with E-state index in [1.807, 2.05) is 20.8 Å². The normalized spacial score (nSPS) is 17.9. The van der Waals surface area contributed by atoms with Crippen LogP contribution in [-0.2, 0) is 9.47 Å². The Morgan fingerprint density at radius 2 is 1.58 bits per heavy atom. The number of piperidine rings is 1. The number of rotatable bonds is 6. The van der Waals surface area contributed by atoms with Crippen LogP contribution in [0.5, 0.6) is 0 Å². The van der Waals surface area contributed by atoms with Gasteiger partial charge in [0.25, 0.3) is 0 Å². The lowest BCUT2D eigenvalue weighted by Gasteiger charge is -2.37. The minimum Gasteiger partial charge on any atom is -0.444 e. The van der Waals surface area contributed by atoms with Crippen molar-refractivity contribution in [3.05, 3.63) is 0 Å². The molecule has 0 saturated carbocycles. The molecule has 2 N–H and O–H groups in total. The van der Waals surface area contributed by atoms with Crippen molar-refractivity contribution in [1.29, 1.82) is 0 Å². The van der Waals surface area contributed by atoms with Gasteiger partial charge in [-0.05, 0) is 57.4 Å². The van der Waals surface area contributed by atoms with Crippen LogP contribution < -0.4 is 5.73 Å². The third kappa shape index (κ3) is 7.84.